The van der Waals surface area contributed by atoms with E-state index in [-0.39, 0.29) is 11.4 Å². The van der Waals surface area contributed by atoms with E-state index in [1.54, 1.807) is 6.07 Å². The van der Waals surface area contributed by atoms with Gasteiger partial charge in [0.15, 0.2) is 0 Å². The van der Waals surface area contributed by atoms with Crippen LogP contribution in [0.25, 0.3) is 0 Å². The number of nitrogens with zero attached hydrogens (tertiary/aromatic N) is 1. The van der Waals surface area contributed by atoms with Crippen molar-refractivity contribution in [3.8, 4) is 11.5 Å². The first kappa shape index (κ1) is 17.4. The fourth-order valence-corrected chi connectivity index (χ4v) is 2.30. The van der Waals surface area contributed by atoms with Crippen LogP contribution in [0.1, 0.15) is 5.56 Å². The third-order valence-electron chi connectivity index (χ3n) is 3.56. The summed E-state index contributed by atoms with van der Waals surface area (Å²) in [6.45, 7) is 0.382. The molecule has 0 aromatic heterocycles. The van der Waals surface area contributed by atoms with Crippen LogP contribution in [-0.4, -0.2) is 4.92 Å². The van der Waals surface area contributed by atoms with Crippen LogP contribution in [-0.2, 0) is 6.54 Å². The Labute approximate surface area is 149 Å². The minimum atomic E-state index is -0.507. The normalized spacial score (nSPS) is 10.3. The number of halogens is 1. The van der Waals surface area contributed by atoms with Gasteiger partial charge in [-0.15, -0.1) is 0 Å². The number of nitro groups is 1. The minimum absolute atomic E-state index is 0.0985. The second-order valence-electron chi connectivity index (χ2n) is 5.46. The van der Waals surface area contributed by atoms with Crippen LogP contribution in [0.4, 0.5) is 15.8 Å². The molecule has 0 unspecified atom stereocenters. The average molecular weight is 353 g/mol. The van der Waals surface area contributed by atoms with Gasteiger partial charge in [0.1, 0.15) is 11.6 Å². The van der Waals surface area contributed by atoms with Crippen molar-refractivity contribution in [1.29, 1.82) is 0 Å². The molecule has 0 radical (unpaired) electrons. The zero-order valence-electron chi connectivity index (χ0n) is 13.7. The second-order valence-corrected chi connectivity index (χ2v) is 5.46. The van der Waals surface area contributed by atoms with Gasteiger partial charge >= 0.3 is 5.69 Å². The Balaban J connectivity index is 1.69. The number of nitrogens with one attached hydrogen (secondary N) is 2. The number of nitro benzene ring substituents is 1. The van der Waals surface area contributed by atoms with Crippen LogP contribution >= 0.6 is 0 Å². The van der Waals surface area contributed by atoms with Gasteiger partial charge in [-0.1, -0.05) is 24.3 Å². The third-order valence-corrected chi connectivity index (χ3v) is 3.56. The average Bonchev–Trinajstić information content (AvgIpc) is 2.65. The summed E-state index contributed by atoms with van der Waals surface area (Å²) in [5.41, 5.74) is 7.46. The quantitative estimate of drug-likeness (QED) is 0.478. The molecule has 0 spiro atoms. The van der Waals surface area contributed by atoms with E-state index in [1.807, 2.05) is 30.3 Å². The van der Waals surface area contributed by atoms with Gasteiger partial charge in [0.2, 0.25) is 5.75 Å². The van der Waals surface area contributed by atoms with Crippen LogP contribution in [0.5, 0.6) is 11.5 Å². The zero-order valence-corrected chi connectivity index (χ0v) is 13.7. The second kappa shape index (κ2) is 8.09. The van der Waals surface area contributed by atoms with Gasteiger partial charge in [-0.05, 0) is 48.0 Å². The number of anilines is 1. The van der Waals surface area contributed by atoms with E-state index in [4.69, 9.17) is 4.74 Å². The van der Waals surface area contributed by atoms with Gasteiger partial charge in [0.25, 0.3) is 0 Å². The van der Waals surface area contributed by atoms with E-state index in [2.05, 4.69) is 10.9 Å². The largest absolute Gasteiger partial charge is 0.450 e. The zero-order chi connectivity index (χ0) is 18.4. The highest BCUT2D eigenvalue weighted by atomic mass is 19.1. The Bertz CT molecular complexity index is 886. The summed E-state index contributed by atoms with van der Waals surface area (Å²) in [7, 11) is 0. The molecule has 0 saturated heterocycles. The van der Waals surface area contributed by atoms with Crippen molar-refractivity contribution < 1.29 is 14.1 Å². The predicted octanol–water partition coefficient (Wildman–Crippen LogP) is 4.64. The Morgan fingerprint density at radius 3 is 2.42 bits per heavy atom. The van der Waals surface area contributed by atoms with Crippen molar-refractivity contribution in [3.63, 3.8) is 0 Å². The molecule has 0 aliphatic carbocycles. The molecule has 0 aliphatic heterocycles. The van der Waals surface area contributed by atoms with Gasteiger partial charge in [0.05, 0.1) is 4.92 Å². The number of hydrogen-bond donors (Lipinski definition) is 2. The summed E-state index contributed by atoms with van der Waals surface area (Å²) in [6.07, 6.45) is 0. The van der Waals surface area contributed by atoms with Gasteiger partial charge in [-0.3, -0.25) is 10.1 Å². The lowest BCUT2D eigenvalue weighted by atomic mass is 10.2. The number of hydrogen-bond acceptors (Lipinski definition) is 5. The number of benzene rings is 3. The van der Waals surface area contributed by atoms with Crippen LogP contribution in [0.15, 0.2) is 72.8 Å². The molecule has 0 atom stereocenters. The molecule has 0 fully saturated rings. The molecule has 0 saturated carbocycles. The summed E-state index contributed by atoms with van der Waals surface area (Å²) in [5, 5.41) is 11.3. The van der Waals surface area contributed by atoms with Crippen molar-refractivity contribution in [2.45, 2.75) is 6.54 Å². The fourth-order valence-electron chi connectivity index (χ4n) is 2.30. The van der Waals surface area contributed by atoms with E-state index in [9.17, 15) is 14.5 Å². The van der Waals surface area contributed by atoms with E-state index < -0.39 is 10.7 Å². The summed E-state index contributed by atoms with van der Waals surface area (Å²) in [6, 6.07) is 19.5. The van der Waals surface area contributed by atoms with Gasteiger partial charge in [0, 0.05) is 18.3 Å². The highest BCUT2D eigenvalue weighted by molar-refractivity contribution is 5.50. The van der Waals surface area contributed by atoms with Gasteiger partial charge in [-0.25, -0.2) is 9.82 Å². The third kappa shape index (κ3) is 4.55. The minimum Gasteiger partial charge on any atom is -0.450 e. The molecule has 3 aromatic rings. The fraction of sp³-hybridized carbons (Fsp3) is 0.0526. The Morgan fingerprint density at radius 1 is 1.00 bits per heavy atom. The molecule has 3 aromatic carbocycles. The van der Waals surface area contributed by atoms with Crippen LogP contribution in [0, 0.1) is 15.9 Å². The molecule has 26 heavy (non-hydrogen) atoms. The maximum Gasteiger partial charge on any atom is 0.311 e. The summed E-state index contributed by atoms with van der Waals surface area (Å²) >= 11 is 0. The summed E-state index contributed by atoms with van der Waals surface area (Å²) < 4.78 is 18.5. The van der Waals surface area contributed by atoms with Crippen LogP contribution < -0.4 is 15.6 Å². The standard InChI is InChI=1S/C19H16FN3O3/c20-15-7-9-17(10-8-15)26-19-11-6-14(12-18(19)23(24)25)13-21-22-16-4-2-1-3-5-16/h1-12,21-22H,13H2. The molecule has 0 amide bonds. The first-order chi connectivity index (χ1) is 12.6. The number of para-hydroxylation sites is 1. The molecular weight excluding hydrogens is 337 g/mol. The molecule has 132 valence electrons. The number of hydrazine groups is 1. The van der Waals surface area contributed by atoms with Crippen molar-refractivity contribution >= 4 is 11.4 Å². The maximum absolute atomic E-state index is 13.0. The first-order valence-corrected chi connectivity index (χ1v) is 7.86. The monoisotopic (exact) mass is 353 g/mol. The molecule has 0 heterocycles. The summed E-state index contributed by atoms with van der Waals surface area (Å²) in [4.78, 5) is 10.8. The van der Waals surface area contributed by atoms with Gasteiger partial charge < -0.3 is 10.2 Å². The highest BCUT2D eigenvalue weighted by Crippen LogP contribution is 2.32. The predicted molar refractivity (Wildman–Crippen MR) is 96.5 cm³/mol. The maximum atomic E-state index is 13.0. The lowest BCUT2D eigenvalue weighted by Crippen LogP contribution is -2.20. The van der Waals surface area contributed by atoms with Crippen molar-refractivity contribution in [3.05, 3.63) is 94.3 Å². The molecule has 3 rings (SSSR count). The molecule has 2 N–H and O–H groups in total. The van der Waals surface area contributed by atoms with E-state index in [1.165, 1.54) is 36.4 Å². The van der Waals surface area contributed by atoms with Crippen molar-refractivity contribution in [1.82, 2.24) is 5.43 Å². The van der Waals surface area contributed by atoms with Crippen molar-refractivity contribution in [2.75, 3.05) is 5.43 Å². The van der Waals surface area contributed by atoms with Gasteiger partial charge in [-0.2, -0.15) is 0 Å². The molecule has 0 bridgehead atoms. The highest BCUT2D eigenvalue weighted by Gasteiger charge is 2.17. The first-order valence-electron chi connectivity index (χ1n) is 7.86. The SMILES string of the molecule is O=[N+]([O-])c1cc(CNNc2ccccc2)ccc1Oc1ccc(F)cc1. The smallest absolute Gasteiger partial charge is 0.311 e. The Hall–Kier alpha value is -3.45. The molecule has 0 aliphatic rings. The van der Waals surface area contributed by atoms with E-state index >= 15 is 0 Å². The molecule has 7 heteroatoms. The number of rotatable bonds is 7. The number of ether oxygens (including phenoxy) is 1. The summed E-state index contributed by atoms with van der Waals surface area (Å²) in [5.74, 6) is 0.0201. The van der Waals surface area contributed by atoms with E-state index in [0.717, 1.165) is 5.69 Å². The topological polar surface area (TPSA) is 76.4 Å². The Kier molecular flexibility index (Phi) is 5.40. The molecular formula is C19H16FN3O3. The lowest BCUT2D eigenvalue weighted by molar-refractivity contribution is -0.385. The van der Waals surface area contributed by atoms with Crippen LogP contribution in [0.2, 0.25) is 0 Å². The Morgan fingerprint density at radius 2 is 1.73 bits per heavy atom. The van der Waals surface area contributed by atoms with E-state index in [0.29, 0.717) is 17.9 Å². The molecule has 6 nitrogen and oxygen atoms in total. The van der Waals surface area contributed by atoms with Crippen LogP contribution in [0.3, 0.4) is 0 Å². The van der Waals surface area contributed by atoms with Crippen molar-refractivity contribution in [2.24, 2.45) is 0 Å². The lowest BCUT2D eigenvalue weighted by Gasteiger charge is -2.10.